The molecule has 0 aromatic heterocycles. The van der Waals surface area contributed by atoms with Crippen molar-refractivity contribution < 1.29 is 4.39 Å². The van der Waals surface area contributed by atoms with Gasteiger partial charge in [-0.25, -0.2) is 4.39 Å². The van der Waals surface area contributed by atoms with Gasteiger partial charge in [0.25, 0.3) is 0 Å². The van der Waals surface area contributed by atoms with Crippen LogP contribution in [0.2, 0.25) is 0 Å². The second-order valence-corrected chi connectivity index (χ2v) is 4.37. The minimum absolute atomic E-state index is 0.00963. The molecule has 0 aliphatic rings. The van der Waals surface area contributed by atoms with E-state index < -0.39 is 0 Å². The van der Waals surface area contributed by atoms with Crippen molar-refractivity contribution in [3.8, 4) is 11.1 Å². The van der Waals surface area contributed by atoms with Gasteiger partial charge in [-0.15, -0.1) is 0 Å². The van der Waals surface area contributed by atoms with Crippen LogP contribution in [0.3, 0.4) is 0 Å². The lowest BCUT2D eigenvalue weighted by molar-refractivity contribution is 0.628. The van der Waals surface area contributed by atoms with Crippen LogP contribution in [0.4, 0.5) is 4.39 Å². The molecule has 0 heterocycles. The first-order valence-corrected chi connectivity index (χ1v) is 5.70. The molecule has 0 radical (unpaired) electrons. The van der Waals surface area contributed by atoms with Crippen molar-refractivity contribution in [1.82, 2.24) is 0 Å². The lowest BCUT2D eigenvalue weighted by Gasteiger charge is -2.12. The van der Waals surface area contributed by atoms with Gasteiger partial charge in [-0.05, 0) is 54.3 Å². The summed E-state index contributed by atoms with van der Waals surface area (Å²) in [6.07, 6.45) is 0. The molecule has 0 aliphatic carbocycles. The van der Waals surface area contributed by atoms with Crippen LogP contribution in [-0.4, -0.2) is 0 Å². The van der Waals surface area contributed by atoms with Gasteiger partial charge in [0.15, 0.2) is 0 Å². The molecule has 0 saturated carbocycles. The summed E-state index contributed by atoms with van der Waals surface area (Å²) >= 11 is 0. The van der Waals surface area contributed by atoms with Gasteiger partial charge in [0.2, 0.25) is 0 Å². The van der Waals surface area contributed by atoms with Crippen LogP contribution in [0.25, 0.3) is 11.1 Å². The maximum atomic E-state index is 12.9. The Bertz CT molecular complexity index is 515. The molecule has 1 unspecified atom stereocenters. The Kier molecular flexibility index (Phi) is 3.25. The molecule has 1 nitrogen and oxygen atoms in total. The van der Waals surface area contributed by atoms with Crippen LogP contribution in [0.1, 0.15) is 24.1 Å². The van der Waals surface area contributed by atoms with Crippen molar-refractivity contribution >= 4 is 0 Å². The Morgan fingerprint density at radius 2 is 1.59 bits per heavy atom. The molecule has 2 aromatic carbocycles. The number of aryl methyl sites for hydroxylation is 1. The van der Waals surface area contributed by atoms with Crippen LogP contribution in [-0.2, 0) is 0 Å². The minimum atomic E-state index is -0.215. The van der Waals surface area contributed by atoms with Crippen molar-refractivity contribution in [2.45, 2.75) is 19.9 Å². The van der Waals surface area contributed by atoms with Crippen molar-refractivity contribution in [3.63, 3.8) is 0 Å². The molecule has 0 bridgehead atoms. The van der Waals surface area contributed by atoms with Crippen LogP contribution in [0.15, 0.2) is 42.5 Å². The first-order valence-electron chi connectivity index (χ1n) is 5.70. The summed E-state index contributed by atoms with van der Waals surface area (Å²) in [5, 5.41) is 0. The number of hydrogen-bond donors (Lipinski definition) is 1. The van der Waals surface area contributed by atoms with Crippen LogP contribution in [0.5, 0.6) is 0 Å². The molecule has 0 amide bonds. The van der Waals surface area contributed by atoms with Crippen molar-refractivity contribution in [3.05, 3.63) is 59.4 Å². The van der Waals surface area contributed by atoms with E-state index in [-0.39, 0.29) is 11.9 Å². The Labute approximate surface area is 101 Å². The van der Waals surface area contributed by atoms with E-state index in [0.29, 0.717) is 0 Å². The van der Waals surface area contributed by atoms with Crippen LogP contribution < -0.4 is 5.73 Å². The fourth-order valence-corrected chi connectivity index (χ4v) is 1.95. The minimum Gasteiger partial charge on any atom is -0.324 e. The van der Waals surface area contributed by atoms with Gasteiger partial charge in [0.1, 0.15) is 5.82 Å². The molecule has 17 heavy (non-hydrogen) atoms. The molecule has 2 N–H and O–H groups in total. The van der Waals surface area contributed by atoms with Gasteiger partial charge >= 0.3 is 0 Å². The summed E-state index contributed by atoms with van der Waals surface area (Å²) in [5.41, 5.74) is 10.3. The third-order valence-electron chi connectivity index (χ3n) is 2.95. The van der Waals surface area contributed by atoms with Gasteiger partial charge in [0, 0.05) is 6.04 Å². The smallest absolute Gasteiger partial charge is 0.123 e. The zero-order valence-corrected chi connectivity index (χ0v) is 10.1. The number of rotatable bonds is 2. The molecular weight excluding hydrogens is 213 g/mol. The summed E-state index contributed by atoms with van der Waals surface area (Å²) in [4.78, 5) is 0. The lowest BCUT2D eigenvalue weighted by atomic mass is 9.96. The van der Waals surface area contributed by atoms with Gasteiger partial charge in [-0.2, -0.15) is 0 Å². The Morgan fingerprint density at radius 3 is 2.18 bits per heavy atom. The van der Waals surface area contributed by atoms with E-state index in [1.807, 2.05) is 19.9 Å². The van der Waals surface area contributed by atoms with E-state index in [4.69, 9.17) is 5.73 Å². The van der Waals surface area contributed by atoms with E-state index in [1.54, 1.807) is 12.1 Å². The number of nitrogens with two attached hydrogens (primary N) is 1. The van der Waals surface area contributed by atoms with Crippen LogP contribution >= 0.6 is 0 Å². The highest BCUT2D eigenvalue weighted by Gasteiger charge is 2.06. The highest BCUT2D eigenvalue weighted by Crippen LogP contribution is 2.25. The zero-order valence-electron chi connectivity index (χ0n) is 10.1. The first kappa shape index (κ1) is 11.8. The van der Waals surface area contributed by atoms with E-state index >= 15 is 0 Å². The zero-order chi connectivity index (χ0) is 12.4. The second-order valence-electron chi connectivity index (χ2n) is 4.37. The molecule has 1 atom stereocenters. The van der Waals surface area contributed by atoms with Crippen LogP contribution in [0, 0.1) is 12.7 Å². The molecule has 0 aliphatic heterocycles. The molecule has 2 aromatic rings. The SMILES string of the molecule is Cc1ccc(-c2ccc(F)cc2)cc1C(C)N. The highest BCUT2D eigenvalue weighted by molar-refractivity contribution is 5.65. The summed E-state index contributed by atoms with van der Waals surface area (Å²) < 4.78 is 12.9. The predicted molar refractivity (Wildman–Crippen MR) is 69.2 cm³/mol. The molecule has 88 valence electrons. The third-order valence-corrected chi connectivity index (χ3v) is 2.95. The average Bonchev–Trinajstić information content (AvgIpc) is 2.30. The van der Waals surface area contributed by atoms with Crippen molar-refractivity contribution in [2.24, 2.45) is 5.73 Å². The largest absolute Gasteiger partial charge is 0.324 e. The second kappa shape index (κ2) is 4.68. The monoisotopic (exact) mass is 229 g/mol. The van der Waals surface area contributed by atoms with E-state index in [0.717, 1.165) is 16.7 Å². The Hall–Kier alpha value is -1.67. The maximum Gasteiger partial charge on any atom is 0.123 e. The van der Waals surface area contributed by atoms with E-state index in [9.17, 15) is 4.39 Å². The maximum absolute atomic E-state index is 12.9. The molecule has 0 saturated heterocycles. The Morgan fingerprint density at radius 1 is 1.00 bits per heavy atom. The first-order chi connectivity index (χ1) is 8.08. The molecule has 2 heteroatoms. The van der Waals surface area contributed by atoms with E-state index in [2.05, 4.69) is 12.1 Å². The van der Waals surface area contributed by atoms with Gasteiger partial charge in [-0.3, -0.25) is 0 Å². The summed E-state index contributed by atoms with van der Waals surface area (Å²) in [6.45, 7) is 4.02. The molecule has 0 spiro atoms. The number of halogens is 1. The number of benzene rings is 2. The Balaban J connectivity index is 2.46. The van der Waals surface area contributed by atoms with E-state index in [1.165, 1.54) is 17.7 Å². The summed E-state index contributed by atoms with van der Waals surface area (Å²) in [5.74, 6) is -0.215. The summed E-state index contributed by atoms with van der Waals surface area (Å²) in [7, 11) is 0. The lowest BCUT2D eigenvalue weighted by Crippen LogP contribution is -2.06. The quantitative estimate of drug-likeness (QED) is 0.832. The highest BCUT2D eigenvalue weighted by atomic mass is 19.1. The fourth-order valence-electron chi connectivity index (χ4n) is 1.95. The predicted octanol–water partition coefficient (Wildman–Crippen LogP) is 3.82. The molecular formula is C15H16FN. The molecule has 2 rings (SSSR count). The summed E-state index contributed by atoms with van der Waals surface area (Å²) in [6, 6.07) is 12.7. The number of hydrogen-bond acceptors (Lipinski definition) is 1. The molecule has 0 fully saturated rings. The topological polar surface area (TPSA) is 26.0 Å². The standard InChI is InChI=1S/C15H16FN/c1-10-3-4-13(9-15(10)11(2)17)12-5-7-14(16)8-6-12/h3-9,11H,17H2,1-2H3. The van der Waals surface area contributed by atoms with Gasteiger partial charge < -0.3 is 5.73 Å². The normalized spacial score (nSPS) is 12.5. The fraction of sp³-hybridized carbons (Fsp3) is 0.200. The average molecular weight is 229 g/mol. The van der Waals surface area contributed by atoms with Gasteiger partial charge in [-0.1, -0.05) is 24.3 Å². The van der Waals surface area contributed by atoms with Gasteiger partial charge in [0.05, 0.1) is 0 Å². The third kappa shape index (κ3) is 2.53. The van der Waals surface area contributed by atoms with Crippen molar-refractivity contribution in [1.29, 1.82) is 0 Å². The van der Waals surface area contributed by atoms with Crippen molar-refractivity contribution in [2.75, 3.05) is 0 Å².